The average molecular weight is 208 g/mol. The second-order valence-corrected chi connectivity index (χ2v) is 3.88. The molecule has 1 heterocycles. The van der Waals surface area contributed by atoms with E-state index in [1.165, 1.54) is 12.8 Å². The Morgan fingerprint density at radius 3 is 3.13 bits per heavy atom. The van der Waals surface area contributed by atoms with Gasteiger partial charge in [0.05, 0.1) is 0 Å². The lowest BCUT2D eigenvalue weighted by Crippen LogP contribution is -2.26. The summed E-state index contributed by atoms with van der Waals surface area (Å²) in [5.74, 6) is 0.481. The minimum absolute atomic E-state index is 0.119. The molecular weight excluding hydrogens is 192 g/mol. The number of nitrogens with two attached hydrogens (primary N) is 1. The number of hydrogen-bond acceptors (Lipinski definition) is 3. The molecule has 1 aliphatic carbocycles. The third-order valence-electron chi connectivity index (χ3n) is 2.51. The summed E-state index contributed by atoms with van der Waals surface area (Å²) in [5, 5.41) is 9.66. The van der Waals surface area contributed by atoms with E-state index in [0.29, 0.717) is 24.7 Å². The molecule has 1 aromatic rings. The Bertz CT molecular complexity index is 343. The predicted octanol–water partition coefficient (Wildman–Crippen LogP) is 0.366. The van der Waals surface area contributed by atoms with Crippen molar-refractivity contribution in [3.05, 3.63) is 17.5 Å². The first-order valence-electron chi connectivity index (χ1n) is 5.35. The molecule has 0 unspecified atom stereocenters. The summed E-state index contributed by atoms with van der Waals surface area (Å²) in [6.45, 7) is 1.20. The predicted molar refractivity (Wildman–Crippen MR) is 56.6 cm³/mol. The van der Waals surface area contributed by atoms with E-state index in [9.17, 15) is 4.79 Å². The van der Waals surface area contributed by atoms with Crippen molar-refractivity contribution in [2.24, 2.45) is 5.73 Å². The van der Waals surface area contributed by atoms with Gasteiger partial charge in [0.2, 0.25) is 0 Å². The maximum atomic E-state index is 11.5. The quantitative estimate of drug-likeness (QED) is 0.611. The second-order valence-electron chi connectivity index (χ2n) is 3.88. The van der Waals surface area contributed by atoms with Gasteiger partial charge in [-0.05, 0) is 31.9 Å². The fourth-order valence-electron chi connectivity index (χ4n) is 1.45. The van der Waals surface area contributed by atoms with Gasteiger partial charge in [-0.1, -0.05) is 0 Å². The molecule has 0 saturated heterocycles. The Morgan fingerprint density at radius 2 is 2.47 bits per heavy atom. The van der Waals surface area contributed by atoms with Crippen LogP contribution in [0.2, 0.25) is 0 Å². The van der Waals surface area contributed by atoms with Gasteiger partial charge in [0.25, 0.3) is 5.91 Å². The summed E-state index contributed by atoms with van der Waals surface area (Å²) >= 11 is 0. The first kappa shape index (κ1) is 10.2. The monoisotopic (exact) mass is 208 g/mol. The van der Waals surface area contributed by atoms with Crippen LogP contribution >= 0.6 is 0 Å². The van der Waals surface area contributed by atoms with Gasteiger partial charge in [0, 0.05) is 18.2 Å². The van der Waals surface area contributed by atoms with E-state index in [2.05, 4.69) is 15.5 Å². The number of carbonyl (C=O) groups is 1. The molecule has 0 aromatic carbocycles. The van der Waals surface area contributed by atoms with Crippen molar-refractivity contribution in [1.82, 2.24) is 15.5 Å². The molecule has 0 bridgehead atoms. The number of rotatable bonds is 5. The van der Waals surface area contributed by atoms with Gasteiger partial charge in [0.1, 0.15) is 5.69 Å². The summed E-state index contributed by atoms with van der Waals surface area (Å²) < 4.78 is 0. The Kier molecular flexibility index (Phi) is 3.01. The zero-order chi connectivity index (χ0) is 10.7. The molecule has 1 amide bonds. The fourth-order valence-corrected chi connectivity index (χ4v) is 1.45. The molecule has 82 valence electrons. The van der Waals surface area contributed by atoms with Crippen LogP contribution < -0.4 is 11.1 Å². The first-order chi connectivity index (χ1) is 7.31. The number of nitrogens with one attached hydrogen (secondary N) is 2. The third kappa shape index (κ3) is 2.56. The Morgan fingerprint density at radius 1 is 1.67 bits per heavy atom. The van der Waals surface area contributed by atoms with Crippen molar-refractivity contribution in [1.29, 1.82) is 0 Å². The number of amides is 1. The highest BCUT2D eigenvalue weighted by Crippen LogP contribution is 2.38. The third-order valence-corrected chi connectivity index (χ3v) is 2.51. The Hall–Kier alpha value is -1.36. The molecule has 4 N–H and O–H groups in total. The number of hydrogen-bond donors (Lipinski definition) is 3. The lowest BCUT2D eigenvalue weighted by molar-refractivity contribution is 0.0948. The summed E-state index contributed by atoms with van der Waals surface area (Å²) in [6, 6.07) is 1.84. The van der Waals surface area contributed by atoms with Crippen molar-refractivity contribution >= 4 is 5.91 Å². The molecule has 1 saturated carbocycles. The molecule has 1 aromatic heterocycles. The molecule has 0 spiro atoms. The molecule has 2 rings (SSSR count). The van der Waals surface area contributed by atoms with Gasteiger partial charge in [-0.3, -0.25) is 9.89 Å². The van der Waals surface area contributed by atoms with E-state index < -0.39 is 0 Å². The standard InChI is InChI=1S/C10H16N4O/c11-4-1-5-12-10(15)9-6-8(13-14-9)7-2-3-7/h6-7H,1-5,11H2,(H,12,15)(H,13,14). The van der Waals surface area contributed by atoms with E-state index in [-0.39, 0.29) is 5.91 Å². The van der Waals surface area contributed by atoms with Crippen molar-refractivity contribution in [2.75, 3.05) is 13.1 Å². The van der Waals surface area contributed by atoms with Crippen LogP contribution in [0.4, 0.5) is 0 Å². The van der Waals surface area contributed by atoms with E-state index in [4.69, 9.17) is 5.73 Å². The minimum atomic E-state index is -0.119. The van der Waals surface area contributed by atoms with Crippen molar-refractivity contribution < 1.29 is 4.79 Å². The van der Waals surface area contributed by atoms with Crippen molar-refractivity contribution in [2.45, 2.75) is 25.2 Å². The van der Waals surface area contributed by atoms with Crippen LogP contribution in [0, 0.1) is 0 Å². The van der Waals surface area contributed by atoms with Crippen molar-refractivity contribution in [3.63, 3.8) is 0 Å². The molecule has 5 heteroatoms. The highest BCUT2D eigenvalue weighted by atomic mass is 16.1. The highest BCUT2D eigenvalue weighted by Gasteiger charge is 2.26. The van der Waals surface area contributed by atoms with Gasteiger partial charge in [0.15, 0.2) is 0 Å². The molecule has 5 nitrogen and oxygen atoms in total. The molecule has 15 heavy (non-hydrogen) atoms. The van der Waals surface area contributed by atoms with Gasteiger partial charge < -0.3 is 11.1 Å². The fraction of sp³-hybridized carbons (Fsp3) is 0.600. The SMILES string of the molecule is NCCCNC(=O)c1cc(C2CC2)[nH]n1. The van der Waals surface area contributed by atoms with Crippen LogP contribution in [-0.2, 0) is 0 Å². The Labute approximate surface area is 88.4 Å². The first-order valence-corrected chi connectivity index (χ1v) is 5.35. The van der Waals surface area contributed by atoms with Crippen LogP contribution in [0.1, 0.15) is 41.4 Å². The van der Waals surface area contributed by atoms with Gasteiger partial charge in [-0.15, -0.1) is 0 Å². The maximum Gasteiger partial charge on any atom is 0.271 e. The van der Waals surface area contributed by atoms with Crippen LogP contribution in [-0.4, -0.2) is 29.2 Å². The van der Waals surface area contributed by atoms with E-state index >= 15 is 0 Å². The number of aromatic amines is 1. The Balaban J connectivity index is 1.87. The van der Waals surface area contributed by atoms with Gasteiger partial charge in [-0.2, -0.15) is 5.10 Å². The molecule has 1 aliphatic rings. The van der Waals surface area contributed by atoms with E-state index in [0.717, 1.165) is 12.1 Å². The zero-order valence-electron chi connectivity index (χ0n) is 8.62. The smallest absolute Gasteiger partial charge is 0.271 e. The molecule has 0 atom stereocenters. The van der Waals surface area contributed by atoms with Crippen LogP contribution in [0.15, 0.2) is 6.07 Å². The number of carbonyl (C=O) groups excluding carboxylic acids is 1. The van der Waals surface area contributed by atoms with Gasteiger partial charge >= 0.3 is 0 Å². The number of H-pyrrole nitrogens is 1. The zero-order valence-corrected chi connectivity index (χ0v) is 8.62. The van der Waals surface area contributed by atoms with E-state index in [1.807, 2.05) is 6.07 Å². The van der Waals surface area contributed by atoms with Crippen LogP contribution in [0.25, 0.3) is 0 Å². The van der Waals surface area contributed by atoms with E-state index in [1.54, 1.807) is 0 Å². The average Bonchev–Trinajstić information content (AvgIpc) is 2.97. The largest absolute Gasteiger partial charge is 0.351 e. The molecular formula is C10H16N4O. The number of nitrogens with zero attached hydrogens (tertiary/aromatic N) is 1. The summed E-state index contributed by atoms with van der Waals surface area (Å²) in [7, 11) is 0. The summed E-state index contributed by atoms with van der Waals surface area (Å²) in [4.78, 5) is 11.5. The molecule has 1 fully saturated rings. The normalized spacial score (nSPS) is 15.3. The summed E-state index contributed by atoms with van der Waals surface area (Å²) in [5.41, 5.74) is 6.90. The highest BCUT2D eigenvalue weighted by molar-refractivity contribution is 5.92. The molecule has 0 aliphatic heterocycles. The summed E-state index contributed by atoms with van der Waals surface area (Å²) in [6.07, 6.45) is 3.21. The lowest BCUT2D eigenvalue weighted by Gasteiger charge is -1.99. The van der Waals surface area contributed by atoms with Gasteiger partial charge in [-0.25, -0.2) is 0 Å². The lowest BCUT2D eigenvalue weighted by atomic mass is 10.2. The van der Waals surface area contributed by atoms with Crippen LogP contribution in [0.5, 0.6) is 0 Å². The van der Waals surface area contributed by atoms with Crippen molar-refractivity contribution in [3.8, 4) is 0 Å². The van der Waals surface area contributed by atoms with Crippen LogP contribution in [0.3, 0.4) is 0 Å². The maximum absolute atomic E-state index is 11.5. The topological polar surface area (TPSA) is 83.8 Å². The minimum Gasteiger partial charge on any atom is -0.351 e. The molecule has 0 radical (unpaired) electrons. The second kappa shape index (κ2) is 4.44. The number of aromatic nitrogens is 2.